The van der Waals surface area contributed by atoms with Crippen LogP contribution in [0.4, 0.5) is 5.69 Å². The minimum Gasteiger partial charge on any atom is -0.399 e. The first-order chi connectivity index (χ1) is 7.72. The fraction of sp³-hybridized carbons (Fsp3) is 0.500. The van der Waals surface area contributed by atoms with Gasteiger partial charge in [-0.05, 0) is 36.6 Å². The highest BCUT2D eigenvalue weighted by atomic mass is 79.9. The van der Waals surface area contributed by atoms with Crippen molar-refractivity contribution in [3.8, 4) is 0 Å². The lowest BCUT2D eigenvalue weighted by Crippen LogP contribution is -2.24. The van der Waals surface area contributed by atoms with Gasteiger partial charge in [-0.1, -0.05) is 29.8 Å². The van der Waals surface area contributed by atoms with Crippen molar-refractivity contribution in [2.24, 2.45) is 5.92 Å². The Morgan fingerprint density at radius 2 is 1.82 bits per heavy atom. The summed E-state index contributed by atoms with van der Waals surface area (Å²) in [6.07, 6.45) is 0. The standard InChI is InChI=1S/C12H18BrNO2S/c1-8(2)9(3)17(15,16)7-10-4-11(13)6-12(14)5-10/h4-6,8-9H,7,14H2,1-3H3. The Bertz CT molecular complexity index is 477. The van der Waals surface area contributed by atoms with E-state index in [4.69, 9.17) is 5.73 Å². The van der Waals surface area contributed by atoms with Crippen LogP contribution in [0.5, 0.6) is 0 Å². The number of nitrogen functional groups attached to an aromatic ring is 1. The maximum atomic E-state index is 12.1. The second kappa shape index (κ2) is 5.40. The highest BCUT2D eigenvalue weighted by molar-refractivity contribution is 9.10. The quantitative estimate of drug-likeness (QED) is 0.868. The van der Waals surface area contributed by atoms with E-state index < -0.39 is 9.84 Å². The average Bonchev–Trinajstić information content (AvgIpc) is 2.13. The summed E-state index contributed by atoms with van der Waals surface area (Å²) in [5, 5.41) is -0.345. The van der Waals surface area contributed by atoms with Crippen molar-refractivity contribution >= 4 is 31.5 Å². The number of sulfone groups is 1. The molecule has 1 rings (SSSR count). The molecule has 3 nitrogen and oxygen atoms in total. The van der Waals surface area contributed by atoms with Crippen LogP contribution in [-0.2, 0) is 15.6 Å². The van der Waals surface area contributed by atoms with Crippen LogP contribution >= 0.6 is 15.9 Å². The van der Waals surface area contributed by atoms with Crippen molar-refractivity contribution in [1.82, 2.24) is 0 Å². The van der Waals surface area contributed by atoms with Crippen LogP contribution < -0.4 is 5.73 Å². The van der Waals surface area contributed by atoms with E-state index in [9.17, 15) is 8.42 Å². The van der Waals surface area contributed by atoms with Gasteiger partial charge in [0.15, 0.2) is 9.84 Å². The van der Waals surface area contributed by atoms with Crippen LogP contribution in [0.15, 0.2) is 22.7 Å². The van der Waals surface area contributed by atoms with Crippen molar-refractivity contribution < 1.29 is 8.42 Å². The number of hydrogen-bond donors (Lipinski definition) is 1. The van der Waals surface area contributed by atoms with Crippen molar-refractivity contribution in [3.63, 3.8) is 0 Å². The molecule has 1 aromatic rings. The number of benzene rings is 1. The second-order valence-electron chi connectivity index (χ2n) is 4.65. The molecule has 0 aliphatic heterocycles. The zero-order valence-electron chi connectivity index (χ0n) is 10.3. The van der Waals surface area contributed by atoms with Crippen molar-refractivity contribution in [1.29, 1.82) is 0 Å². The third kappa shape index (κ3) is 4.00. The predicted molar refractivity (Wildman–Crippen MR) is 75.5 cm³/mol. The molecule has 0 aliphatic carbocycles. The lowest BCUT2D eigenvalue weighted by Gasteiger charge is -2.16. The molecule has 0 aliphatic rings. The van der Waals surface area contributed by atoms with Crippen LogP contribution in [0.2, 0.25) is 0 Å². The molecule has 0 spiro atoms. The largest absolute Gasteiger partial charge is 0.399 e. The van der Waals surface area contributed by atoms with Gasteiger partial charge in [0.2, 0.25) is 0 Å². The second-order valence-corrected chi connectivity index (χ2v) is 7.92. The molecule has 0 bridgehead atoms. The summed E-state index contributed by atoms with van der Waals surface area (Å²) in [6.45, 7) is 5.58. The molecule has 96 valence electrons. The van der Waals surface area contributed by atoms with E-state index >= 15 is 0 Å². The number of rotatable bonds is 4. The highest BCUT2D eigenvalue weighted by Gasteiger charge is 2.24. The molecule has 5 heteroatoms. The molecule has 1 unspecified atom stereocenters. The fourth-order valence-electron chi connectivity index (χ4n) is 1.54. The molecule has 17 heavy (non-hydrogen) atoms. The van der Waals surface area contributed by atoms with E-state index in [0.29, 0.717) is 5.69 Å². The molecule has 0 amide bonds. The fourth-order valence-corrected chi connectivity index (χ4v) is 3.82. The summed E-state index contributed by atoms with van der Waals surface area (Å²) in [7, 11) is -3.12. The summed E-state index contributed by atoms with van der Waals surface area (Å²) >= 11 is 3.31. The number of hydrogen-bond acceptors (Lipinski definition) is 3. The SMILES string of the molecule is CC(C)C(C)S(=O)(=O)Cc1cc(N)cc(Br)c1. The minimum atomic E-state index is -3.12. The predicted octanol–water partition coefficient (Wildman–Crippen LogP) is 2.99. The molecule has 0 saturated carbocycles. The molecule has 0 heterocycles. The Balaban J connectivity index is 2.98. The topological polar surface area (TPSA) is 60.2 Å². The Morgan fingerprint density at radius 3 is 2.29 bits per heavy atom. The Morgan fingerprint density at radius 1 is 1.24 bits per heavy atom. The first-order valence-electron chi connectivity index (χ1n) is 5.49. The zero-order chi connectivity index (χ0) is 13.2. The zero-order valence-corrected chi connectivity index (χ0v) is 12.7. The average molecular weight is 320 g/mol. The first kappa shape index (κ1) is 14.5. The van der Waals surface area contributed by atoms with Gasteiger partial charge in [-0.15, -0.1) is 0 Å². The maximum Gasteiger partial charge on any atom is 0.157 e. The van der Waals surface area contributed by atoms with Gasteiger partial charge in [-0.3, -0.25) is 0 Å². The molecular formula is C12H18BrNO2S. The summed E-state index contributed by atoms with van der Waals surface area (Å²) in [6, 6.07) is 5.25. The lowest BCUT2D eigenvalue weighted by atomic mass is 10.2. The van der Waals surface area contributed by atoms with Crippen molar-refractivity contribution in [2.45, 2.75) is 31.8 Å². The van der Waals surface area contributed by atoms with E-state index in [1.807, 2.05) is 13.8 Å². The molecule has 0 saturated heterocycles. The third-order valence-electron chi connectivity index (χ3n) is 2.85. The molecule has 2 N–H and O–H groups in total. The monoisotopic (exact) mass is 319 g/mol. The normalized spacial score (nSPS) is 13.9. The van der Waals surface area contributed by atoms with Gasteiger partial charge >= 0.3 is 0 Å². The van der Waals surface area contributed by atoms with Gasteiger partial charge < -0.3 is 5.73 Å². The van der Waals surface area contributed by atoms with Crippen molar-refractivity contribution in [3.05, 3.63) is 28.2 Å². The summed E-state index contributed by atoms with van der Waals surface area (Å²) < 4.78 is 25.0. The molecule has 1 atom stereocenters. The van der Waals surface area contributed by atoms with E-state index in [2.05, 4.69) is 15.9 Å². The van der Waals surface area contributed by atoms with Gasteiger partial charge in [-0.25, -0.2) is 8.42 Å². The Hall–Kier alpha value is -0.550. The molecule has 0 radical (unpaired) electrons. The van der Waals surface area contributed by atoms with E-state index in [1.54, 1.807) is 25.1 Å². The lowest BCUT2D eigenvalue weighted by molar-refractivity contribution is 0.545. The minimum absolute atomic E-state index is 0.0377. The first-order valence-corrected chi connectivity index (χ1v) is 7.99. The van der Waals surface area contributed by atoms with Crippen molar-refractivity contribution in [2.75, 3.05) is 5.73 Å². The highest BCUT2D eigenvalue weighted by Crippen LogP contribution is 2.22. The Labute approximate surface area is 111 Å². The van der Waals surface area contributed by atoms with Crippen LogP contribution in [0.1, 0.15) is 26.3 Å². The molecule has 0 aromatic heterocycles. The van der Waals surface area contributed by atoms with Crippen LogP contribution in [0.25, 0.3) is 0 Å². The molecular weight excluding hydrogens is 302 g/mol. The van der Waals surface area contributed by atoms with Gasteiger partial charge in [0.1, 0.15) is 0 Å². The number of nitrogens with two attached hydrogens (primary N) is 1. The van der Waals surface area contributed by atoms with Crippen LogP contribution in [0, 0.1) is 5.92 Å². The number of anilines is 1. The summed E-state index contributed by atoms with van der Waals surface area (Å²) in [5.74, 6) is 0.153. The Kier molecular flexibility index (Phi) is 4.61. The van der Waals surface area contributed by atoms with Crippen LogP contribution in [0.3, 0.4) is 0 Å². The molecule has 1 aromatic carbocycles. The van der Waals surface area contributed by atoms with Gasteiger partial charge in [0, 0.05) is 10.2 Å². The third-order valence-corrected chi connectivity index (χ3v) is 5.72. The number of halogens is 1. The van der Waals surface area contributed by atoms with E-state index in [0.717, 1.165) is 10.0 Å². The maximum absolute atomic E-state index is 12.1. The van der Waals surface area contributed by atoms with E-state index in [1.165, 1.54) is 0 Å². The summed E-state index contributed by atoms with van der Waals surface area (Å²) in [4.78, 5) is 0. The van der Waals surface area contributed by atoms with Gasteiger partial charge in [-0.2, -0.15) is 0 Å². The smallest absolute Gasteiger partial charge is 0.157 e. The van der Waals surface area contributed by atoms with Crippen LogP contribution in [-0.4, -0.2) is 13.7 Å². The van der Waals surface area contributed by atoms with Gasteiger partial charge in [0.05, 0.1) is 11.0 Å². The summed E-state index contributed by atoms with van der Waals surface area (Å²) in [5.41, 5.74) is 6.99. The van der Waals surface area contributed by atoms with Gasteiger partial charge in [0.25, 0.3) is 0 Å². The molecule has 0 fully saturated rings. The van der Waals surface area contributed by atoms with E-state index in [-0.39, 0.29) is 16.9 Å².